The number of hydrogen-bond donors (Lipinski definition) is 2. The van der Waals surface area contributed by atoms with Crippen molar-refractivity contribution in [3.63, 3.8) is 0 Å². The summed E-state index contributed by atoms with van der Waals surface area (Å²) in [6.07, 6.45) is 0.368. The molecule has 0 spiro atoms. The van der Waals surface area contributed by atoms with Crippen molar-refractivity contribution < 1.29 is 9.59 Å². The van der Waals surface area contributed by atoms with Crippen molar-refractivity contribution >= 4 is 17.5 Å². The number of rotatable bonds is 4. The van der Waals surface area contributed by atoms with Crippen LogP contribution in [0.15, 0.2) is 24.3 Å². The standard InChI is InChI=1S/C16H23N3O2/c1-10(2)17-16(21)11(3)18-13-9-15(20)19(4)14-8-6-5-7-12(13)14/h5-8,10-11,13,18H,9H2,1-4H3,(H,17,21). The molecule has 5 nitrogen and oxygen atoms in total. The summed E-state index contributed by atoms with van der Waals surface area (Å²) in [4.78, 5) is 25.8. The van der Waals surface area contributed by atoms with Crippen LogP contribution in [0.1, 0.15) is 38.8 Å². The minimum absolute atomic E-state index is 0.0474. The molecule has 1 aliphatic heterocycles. The quantitative estimate of drug-likeness (QED) is 0.885. The highest BCUT2D eigenvalue weighted by molar-refractivity contribution is 5.96. The molecule has 114 valence electrons. The highest BCUT2D eigenvalue weighted by Crippen LogP contribution is 2.33. The Kier molecular flexibility index (Phi) is 4.63. The smallest absolute Gasteiger partial charge is 0.237 e. The number of anilines is 1. The van der Waals surface area contributed by atoms with Crippen LogP contribution in [0, 0.1) is 0 Å². The van der Waals surface area contributed by atoms with Crippen molar-refractivity contribution in [3.8, 4) is 0 Å². The molecule has 2 unspecified atom stereocenters. The molecule has 0 fully saturated rings. The SMILES string of the molecule is CC(C)NC(=O)C(C)NC1CC(=O)N(C)c2ccccc21. The fourth-order valence-electron chi connectivity index (χ4n) is 2.58. The molecular formula is C16H23N3O2. The third-order valence-electron chi connectivity index (χ3n) is 3.70. The number of nitrogens with one attached hydrogen (secondary N) is 2. The lowest BCUT2D eigenvalue weighted by Crippen LogP contribution is -2.48. The Morgan fingerprint density at radius 3 is 2.62 bits per heavy atom. The first-order chi connectivity index (χ1) is 9.90. The molecule has 5 heteroatoms. The molecule has 1 aliphatic rings. The van der Waals surface area contributed by atoms with Gasteiger partial charge in [0, 0.05) is 31.2 Å². The van der Waals surface area contributed by atoms with E-state index in [1.165, 1.54) is 0 Å². The minimum Gasteiger partial charge on any atom is -0.353 e. The number of benzene rings is 1. The third kappa shape index (κ3) is 3.42. The molecule has 2 amide bonds. The van der Waals surface area contributed by atoms with Crippen molar-refractivity contribution in [1.82, 2.24) is 10.6 Å². The summed E-state index contributed by atoms with van der Waals surface area (Å²) in [5, 5.41) is 6.15. The number of para-hydroxylation sites is 1. The molecule has 1 aromatic carbocycles. The molecule has 0 bridgehead atoms. The number of carbonyl (C=O) groups excluding carboxylic acids is 2. The van der Waals surface area contributed by atoms with Crippen LogP contribution < -0.4 is 15.5 Å². The van der Waals surface area contributed by atoms with Crippen LogP contribution >= 0.6 is 0 Å². The molecular weight excluding hydrogens is 266 g/mol. The number of hydrogen-bond acceptors (Lipinski definition) is 3. The average Bonchev–Trinajstić information content (AvgIpc) is 2.43. The summed E-state index contributed by atoms with van der Waals surface area (Å²) in [6, 6.07) is 7.44. The van der Waals surface area contributed by atoms with E-state index in [1.54, 1.807) is 11.9 Å². The molecule has 2 atom stereocenters. The molecule has 0 aromatic heterocycles. The second-order valence-electron chi connectivity index (χ2n) is 5.82. The van der Waals surface area contributed by atoms with Gasteiger partial charge in [-0.05, 0) is 32.4 Å². The van der Waals surface area contributed by atoms with E-state index in [2.05, 4.69) is 10.6 Å². The molecule has 1 aromatic rings. The van der Waals surface area contributed by atoms with Gasteiger partial charge in [0.05, 0.1) is 6.04 Å². The van der Waals surface area contributed by atoms with Crippen LogP contribution in [-0.4, -0.2) is 30.9 Å². The van der Waals surface area contributed by atoms with E-state index in [-0.39, 0.29) is 29.9 Å². The topological polar surface area (TPSA) is 61.4 Å². The van der Waals surface area contributed by atoms with E-state index >= 15 is 0 Å². The van der Waals surface area contributed by atoms with Gasteiger partial charge in [-0.25, -0.2) is 0 Å². The largest absolute Gasteiger partial charge is 0.353 e. The van der Waals surface area contributed by atoms with Crippen LogP contribution in [0.2, 0.25) is 0 Å². The summed E-state index contributed by atoms with van der Waals surface area (Å²) >= 11 is 0. The molecule has 0 saturated carbocycles. The van der Waals surface area contributed by atoms with E-state index in [1.807, 2.05) is 45.0 Å². The van der Waals surface area contributed by atoms with Crippen LogP contribution in [0.25, 0.3) is 0 Å². The summed E-state index contributed by atoms with van der Waals surface area (Å²) < 4.78 is 0. The summed E-state index contributed by atoms with van der Waals surface area (Å²) in [5.41, 5.74) is 1.96. The zero-order valence-corrected chi connectivity index (χ0v) is 13.0. The zero-order chi connectivity index (χ0) is 15.6. The maximum atomic E-state index is 12.1. The van der Waals surface area contributed by atoms with Crippen molar-refractivity contribution in [3.05, 3.63) is 29.8 Å². The summed E-state index contributed by atoms with van der Waals surface area (Å²) in [7, 11) is 1.78. The lowest BCUT2D eigenvalue weighted by atomic mass is 9.95. The molecule has 1 heterocycles. The van der Waals surface area contributed by atoms with Crippen molar-refractivity contribution in [1.29, 1.82) is 0 Å². The van der Waals surface area contributed by atoms with Crippen molar-refractivity contribution in [2.75, 3.05) is 11.9 Å². The Bertz CT molecular complexity index is 542. The number of nitrogens with zero attached hydrogens (tertiary/aromatic N) is 1. The van der Waals surface area contributed by atoms with E-state index < -0.39 is 0 Å². The third-order valence-corrected chi connectivity index (χ3v) is 3.70. The van der Waals surface area contributed by atoms with Gasteiger partial charge >= 0.3 is 0 Å². The van der Waals surface area contributed by atoms with E-state index in [9.17, 15) is 9.59 Å². The Morgan fingerprint density at radius 2 is 1.95 bits per heavy atom. The van der Waals surface area contributed by atoms with Gasteiger partial charge in [0.15, 0.2) is 0 Å². The first kappa shape index (κ1) is 15.5. The highest BCUT2D eigenvalue weighted by Gasteiger charge is 2.30. The first-order valence-corrected chi connectivity index (χ1v) is 7.32. The fourth-order valence-corrected chi connectivity index (χ4v) is 2.58. The van der Waals surface area contributed by atoms with Crippen LogP contribution in [0.3, 0.4) is 0 Å². The minimum atomic E-state index is -0.346. The second-order valence-corrected chi connectivity index (χ2v) is 5.82. The monoisotopic (exact) mass is 289 g/mol. The number of carbonyl (C=O) groups is 2. The molecule has 21 heavy (non-hydrogen) atoms. The Labute approximate surface area is 125 Å². The predicted octanol–water partition coefficient (Wildman–Crippen LogP) is 1.60. The highest BCUT2D eigenvalue weighted by atomic mass is 16.2. The molecule has 2 N–H and O–H groups in total. The summed E-state index contributed by atoms with van der Waals surface area (Å²) in [5.74, 6) is 0.0107. The van der Waals surface area contributed by atoms with Crippen LogP contribution in [0.5, 0.6) is 0 Å². The number of amides is 2. The van der Waals surface area contributed by atoms with Gasteiger partial charge in [-0.15, -0.1) is 0 Å². The fraction of sp³-hybridized carbons (Fsp3) is 0.500. The van der Waals surface area contributed by atoms with Gasteiger partial charge < -0.3 is 10.2 Å². The van der Waals surface area contributed by atoms with Gasteiger partial charge in [0.25, 0.3) is 0 Å². The lowest BCUT2D eigenvalue weighted by molar-refractivity contribution is -0.124. The number of fused-ring (bicyclic) bond motifs is 1. The van der Waals surface area contributed by atoms with Gasteiger partial charge in [-0.2, -0.15) is 0 Å². The van der Waals surface area contributed by atoms with Gasteiger partial charge in [0.1, 0.15) is 0 Å². The molecule has 0 radical (unpaired) electrons. The Balaban J connectivity index is 2.15. The average molecular weight is 289 g/mol. The first-order valence-electron chi connectivity index (χ1n) is 7.32. The van der Waals surface area contributed by atoms with E-state index in [4.69, 9.17) is 0 Å². The Morgan fingerprint density at radius 1 is 1.29 bits per heavy atom. The van der Waals surface area contributed by atoms with Gasteiger partial charge in [-0.3, -0.25) is 14.9 Å². The van der Waals surface area contributed by atoms with Gasteiger partial charge in [0.2, 0.25) is 11.8 Å². The maximum Gasteiger partial charge on any atom is 0.237 e. The zero-order valence-electron chi connectivity index (χ0n) is 13.0. The van der Waals surface area contributed by atoms with E-state index in [0.29, 0.717) is 6.42 Å². The predicted molar refractivity (Wildman–Crippen MR) is 83.1 cm³/mol. The molecule has 0 saturated heterocycles. The normalized spacial score (nSPS) is 19.4. The van der Waals surface area contributed by atoms with Crippen LogP contribution in [-0.2, 0) is 9.59 Å². The summed E-state index contributed by atoms with van der Waals surface area (Å²) in [6.45, 7) is 5.68. The van der Waals surface area contributed by atoms with Gasteiger partial charge in [-0.1, -0.05) is 18.2 Å². The van der Waals surface area contributed by atoms with Crippen molar-refractivity contribution in [2.24, 2.45) is 0 Å². The van der Waals surface area contributed by atoms with Crippen LogP contribution in [0.4, 0.5) is 5.69 Å². The van der Waals surface area contributed by atoms with Crippen molar-refractivity contribution in [2.45, 2.75) is 45.3 Å². The maximum absolute atomic E-state index is 12.1. The molecule has 2 rings (SSSR count). The lowest BCUT2D eigenvalue weighted by Gasteiger charge is -2.33. The molecule has 0 aliphatic carbocycles. The Hall–Kier alpha value is -1.88. The van der Waals surface area contributed by atoms with E-state index in [0.717, 1.165) is 11.3 Å². The second kappa shape index (κ2) is 6.26.